The summed E-state index contributed by atoms with van der Waals surface area (Å²) in [5, 5.41) is 3.83. The van der Waals surface area contributed by atoms with Crippen LogP contribution in [-0.2, 0) is 23.8 Å². The minimum atomic E-state index is -0.933. The lowest BCUT2D eigenvalue weighted by atomic mass is 10.0. The maximum Gasteiger partial charge on any atom is 0.335 e. The third kappa shape index (κ3) is 3.92. The summed E-state index contributed by atoms with van der Waals surface area (Å²) in [4.78, 5) is 24.1. The molecule has 0 amide bonds. The minimum absolute atomic E-state index is 0.271. The first kappa shape index (κ1) is 18.0. The fourth-order valence-corrected chi connectivity index (χ4v) is 3.43. The van der Waals surface area contributed by atoms with Crippen LogP contribution < -0.4 is 5.32 Å². The maximum atomic E-state index is 12.5. The van der Waals surface area contributed by atoms with Crippen LogP contribution in [0.3, 0.4) is 0 Å². The highest BCUT2D eigenvalue weighted by Crippen LogP contribution is 2.37. The van der Waals surface area contributed by atoms with Crippen molar-refractivity contribution in [2.75, 3.05) is 13.7 Å². The first-order chi connectivity index (χ1) is 12.0. The lowest BCUT2D eigenvalue weighted by molar-refractivity contribution is -0.164. The van der Waals surface area contributed by atoms with Crippen molar-refractivity contribution >= 4 is 35.1 Å². The number of ether oxygens (including phenoxy) is 3. The van der Waals surface area contributed by atoms with Gasteiger partial charge in [0, 0.05) is 15.6 Å². The predicted molar refractivity (Wildman–Crippen MR) is 91.3 cm³/mol. The molecule has 25 heavy (non-hydrogen) atoms. The predicted octanol–water partition coefficient (Wildman–Crippen LogP) is 2.79. The Morgan fingerprint density at radius 3 is 2.84 bits per heavy atom. The summed E-state index contributed by atoms with van der Waals surface area (Å²) < 4.78 is 16.2. The van der Waals surface area contributed by atoms with Crippen LogP contribution in [-0.4, -0.2) is 37.7 Å². The normalized spacial score (nSPS) is 23.8. The number of halogens is 2. The molecule has 6 nitrogen and oxygen atoms in total. The van der Waals surface area contributed by atoms with Gasteiger partial charge in [0.05, 0.1) is 13.2 Å². The van der Waals surface area contributed by atoms with Gasteiger partial charge in [-0.15, -0.1) is 0 Å². The second-order valence-corrected chi connectivity index (χ2v) is 6.62. The monoisotopic (exact) mass is 385 g/mol. The van der Waals surface area contributed by atoms with E-state index in [1.165, 1.54) is 13.2 Å². The number of rotatable bonds is 5. The van der Waals surface area contributed by atoms with Crippen LogP contribution in [0.1, 0.15) is 24.5 Å². The van der Waals surface area contributed by atoms with E-state index in [-0.39, 0.29) is 11.8 Å². The summed E-state index contributed by atoms with van der Waals surface area (Å²) in [5.74, 6) is -0.716. The van der Waals surface area contributed by atoms with Crippen molar-refractivity contribution in [3.63, 3.8) is 0 Å². The molecule has 2 aliphatic rings. The zero-order chi connectivity index (χ0) is 18.0. The molecule has 0 aromatic heterocycles. The van der Waals surface area contributed by atoms with Gasteiger partial charge in [0.2, 0.25) is 0 Å². The van der Waals surface area contributed by atoms with Crippen LogP contribution in [0.2, 0.25) is 10.0 Å². The Hall–Kier alpha value is -1.76. The van der Waals surface area contributed by atoms with Gasteiger partial charge >= 0.3 is 11.9 Å². The molecule has 0 spiro atoms. The highest BCUT2D eigenvalue weighted by Gasteiger charge is 2.40. The number of carbonyl (C=O) groups excluding carboxylic acids is 2. The van der Waals surface area contributed by atoms with E-state index in [0.717, 1.165) is 13.0 Å². The molecule has 0 radical (unpaired) electrons. The minimum Gasteiger partial charge on any atom is -0.497 e. The number of hydrogen-bond acceptors (Lipinski definition) is 6. The second kappa shape index (κ2) is 7.64. The van der Waals surface area contributed by atoms with Crippen LogP contribution in [0, 0.1) is 0 Å². The number of benzene rings is 1. The fourth-order valence-electron chi connectivity index (χ4n) is 2.92. The van der Waals surface area contributed by atoms with Crippen molar-refractivity contribution in [3.05, 3.63) is 45.6 Å². The molecular formula is C17H17Cl2NO5. The number of nitrogens with one attached hydrogen (secondary N) is 1. The van der Waals surface area contributed by atoms with Crippen molar-refractivity contribution in [3.8, 4) is 0 Å². The highest BCUT2D eigenvalue weighted by molar-refractivity contribution is 6.35. The molecule has 134 valence electrons. The third-order valence-corrected chi connectivity index (χ3v) is 4.71. The molecule has 2 aliphatic heterocycles. The van der Waals surface area contributed by atoms with Crippen LogP contribution in [0.4, 0.5) is 0 Å². The summed E-state index contributed by atoms with van der Waals surface area (Å²) in [6, 6.07) is 4.43. The molecule has 1 saturated heterocycles. The largest absolute Gasteiger partial charge is 0.497 e. The zero-order valence-corrected chi connectivity index (χ0v) is 15.0. The van der Waals surface area contributed by atoms with Crippen molar-refractivity contribution in [2.24, 2.45) is 0 Å². The zero-order valence-electron chi connectivity index (χ0n) is 13.5. The molecule has 1 N–H and O–H groups in total. The van der Waals surface area contributed by atoms with E-state index in [1.54, 1.807) is 18.2 Å². The molecular weight excluding hydrogens is 369 g/mol. The van der Waals surface area contributed by atoms with Crippen molar-refractivity contribution in [1.82, 2.24) is 5.32 Å². The third-order valence-electron chi connectivity index (χ3n) is 4.15. The average molecular weight is 386 g/mol. The van der Waals surface area contributed by atoms with Crippen LogP contribution >= 0.6 is 23.2 Å². The summed E-state index contributed by atoms with van der Waals surface area (Å²) >= 11 is 12.2. The number of methoxy groups -OCH3 is 1. The number of carbonyl (C=O) groups is 2. The van der Waals surface area contributed by atoms with E-state index in [1.807, 2.05) is 0 Å². The molecule has 8 heteroatoms. The molecule has 3 atom stereocenters. The van der Waals surface area contributed by atoms with Gasteiger partial charge in [0.25, 0.3) is 0 Å². The first-order valence-corrected chi connectivity index (χ1v) is 8.60. The van der Waals surface area contributed by atoms with Crippen LogP contribution in [0.5, 0.6) is 0 Å². The molecule has 0 bridgehead atoms. The van der Waals surface area contributed by atoms with Gasteiger partial charge in [-0.3, -0.25) is 4.79 Å². The van der Waals surface area contributed by atoms with Crippen molar-refractivity contribution < 1.29 is 23.8 Å². The summed E-state index contributed by atoms with van der Waals surface area (Å²) in [6.07, 6.45) is 0.979. The molecule has 1 fully saturated rings. The SMILES string of the molecule is COC1=CC(=O)OC1C(OC(=O)[C@@H]1CCCN1)c1ccc(Cl)cc1Cl. The number of hydrogen-bond donors (Lipinski definition) is 1. The molecule has 0 aliphatic carbocycles. The molecule has 0 saturated carbocycles. The van der Waals surface area contributed by atoms with Gasteiger partial charge in [-0.05, 0) is 31.5 Å². The summed E-state index contributed by atoms with van der Waals surface area (Å²) in [5.41, 5.74) is 0.486. The van der Waals surface area contributed by atoms with E-state index >= 15 is 0 Å². The van der Waals surface area contributed by atoms with E-state index in [9.17, 15) is 9.59 Å². The van der Waals surface area contributed by atoms with E-state index < -0.39 is 24.1 Å². The highest BCUT2D eigenvalue weighted by atomic mass is 35.5. The van der Waals surface area contributed by atoms with E-state index in [4.69, 9.17) is 37.4 Å². The molecule has 1 aromatic carbocycles. The van der Waals surface area contributed by atoms with Gasteiger partial charge < -0.3 is 19.5 Å². The second-order valence-electron chi connectivity index (χ2n) is 5.78. The van der Waals surface area contributed by atoms with Crippen LogP contribution in [0.25, 0.3) is 0 Å². The fraction of sp³-hybridized carbons (Fsp3) is 0.412. The van der Waals surface area contributed by atoms with Gasteiger partial charge in [-0.1, -0.05) is 29.3 Å². The van der Waals surface area contributed by atoms with Gasteiger partial charge in [0.15, 0.2) is 12.2 Å². The lowest BCUT2D eigenvalue weighted by Crippen LogP contribution is -2.36. The average Bonchev–Trinajstić information content (AvgIpc) is 3.22. The van der Waals surface area contributed by atoms with E-state index in [2.05, 4.69) is 5.32 Å². The lowest BCUT2D eigenvalue weighted by Gasteiger charge is -2.26. The van der Waals surface area contributed by atoms with Gasteiger partial charge in [0.1, 0.15) is 11.8 Å². The Morgan fingerprint density at radius 1 is 1.40 bits per heavy atom. The quantitative estimate of drug-likeness (QED) is 0.785. The van der Waals surface area contributed by atoms with Crippen LogP contribution in [0.15, 0.2) is 30.0 Å². The van der Waals surface area contributed by atoms with Gasteiger partial charge in [-0.25, -0.2) is 4.79 Å². The Balaban J connectivity index is 1.92. The molecule has 2 heterocycles. The summed E-state index contributed by atoms with van der Waals surface area (Å²) in [6.45, 7) is 0.758. The maximum absolute atomic E-state index is 12.5. The first-order valence-electron chi connectivity index (χ1n) is 7.84. The van der Waals surface area contributed by atoms with Crippen molar-refractivity contribution in [2.45, 2.75) is 31.1 Å². The molecule has 2 unspecified atom stereocenters. The Bertz CT molecular complexity index is 715. The van der Waals surface area contributed by atoms with E-state index in [0.29, 0.717) is 22.0 Å². The summed E-state index contributed by atoms with van der Waals surface area (Å²) in [7, 11) is 1.42. The Morgan fingerprint density at radius 2 is 2.20 bits per heavy atom. The topological polar surface area (TPSA) is 73.9 Å². The Labute approximate surface area is 155 Å². The standard InChI is InChI=1S/C17H17Cl2NO5/c1-23-13-8-14(21)24-16(13)15(10-5-4-9(18)7-11(10)19)25-17(22)12-3-2-6-20-12/h4-5,7-8,12,15-16,20H,2-3,6H2,1H3/t12-,15?,16?/m0/s1. The molecule has 1 aromatic rings. The molecule has 3 rings (SSSR count). The smallest absolute Gasteiger partial charge is 0.335 e. The number of cyclic esters (lactones) is 1. The number of esters is 2. The Kier molecular flexibility index (Phi) is 5.51. The van der Waals surface area contributed by atoms with Crippen molar-refractivity contribution in [1.29, 1.82) is 0 Å². The van der Waals surface area contributed by atoms with Gasteiger partial charge in [-0.2, -0.15) is 0 Å².